The normalized spacial score (nSPS) is 24.9. The van der Waals surface area contributed by atoms with E-state index in [1.54, 1.807) is 27.7 Å². The zero-order valence-corrected chi connectivity index (χ0v) is 37.0. The van der Waals surface area contributed by atoms with Gasteiger partial charge < -0.3 is 0 Å². The highest BCUT2D eigenvalue weighted by Gasteiger charge is 2.11. The van der Waals surface area contributed by atoms with Crippen molar-refractivity contribution in [2.24, 2.45) is 46.3 Å². The van der Waals surface area contributed by atoms with Crippen molar-refractivity contribution in [2.75, 3.05) is 0 Å². The van der Waals surface area contributed by atoms with E-state index in [2.05, 4.69) is 27.7 Å². The lowest BCUT2D eigenvalue weighted by atomic mass is 9.88. The summed E-state index contributed by atoms with van der Waals surface area (Å²) in [5, 5.41) is 0. The van der Waals surface area contributed by atoms with Gasteiger partial charge >= 0.3 is 0 Å². The second kappa shape index (κ2) is 36.8. The molecule has 0 heterocycles. The molecule has 0 aromatic heterocycles. The molecule has 0 nitrogen and oxygen atoms in total. The van der Waals surface area contributed by atoms with Crippen molar-refractivity contribution >= 4 is 0 Å². The monoisotopic (exact) mass is 692 g/mol. The van der Waals surface area contributed by atoms with Crippen LogP contribution < -0.4 is 0 Å². The van der Waals surface area contributed by atoms with Crippen molar-refractivity contribution in [1.82, 2.24) is 0 Å². The van der Waals surface area contributed by atoms with E-state index in [9.17, 15) is 0 Å². The van der Waals surface area contributed by atoms with Crippen LogP contribution in [0.2, 0.25) is 0 Å². The minimum absolute atomic E-state index is 0.0556. The molecule has 4 rings (SSSR count). The zero-order valence-electron chi connectivity index (χ0n) is 48.0. The lowest BCUT2D eigenvalue weighted by Gasteiger charge is -2.18. The first-order valence-electron chi connectivity index (χ1n) is 25.8. The second-order valence-corrected chi connectivity index (χ2v) is 18.0. The summed E-state index contributed by atoms with van der Waals surface area (Å²) < 4.78 is 80.4. The highest BCUT2D eigenvalue weighted by atomic mass is 14.2. The van der Waals surface area contributed by atoms with E-state index in [1.165, 1.54) is 64.2 Å². The molecule has 0 unspecified atom stereocenters. The van der Waals surface area contributed by atoms with E-state index in [1.807, 2.05) is 69.2 Å². The predicted molar refractivity (Wildman–Crippen MR) is 230 cm³/mol. The van der Waals surface area contributed by atoms with Crippen molar-refractivity contribution in [3.8, 4) is 0 Å². The van der Waals surface area contributed by atoms with Gasteiger partial charge in [0.25, 0.3) is 0 Å². The molecule has 0 aromatic rings. The molecule has 48 heavy (non-hydrogen) atoms. The first kappa shape index (κ1) is 35.1. The van der Waals surface area contributed by atoms with Crippen LogP contribution in [0, 0.1) is 46.3 Å². The standard InChI is InChI=1S/C8H16.2C7H14.C6H12.C6H14.2C5H12.C4H10/c1-2-8-6-4-3-5-7-8;1-7-5-3-2-4-6-7;1-2-7-5-3-4-6-7;1-6-4-2-3-5-6;1-5-6(2,3)4;1-5(2,3)4;1-4-5(2)3;1-4(2)3/h8H,2-7H2,1H3;2*7H,2-6H2,1H3;6H,2-5H2,1H3;5H2,1-4H3;1-4H3;5H,4H2,1-3H3;4H,1-3H3/i2D2;7D;2D2;6D;5D2;;4D2;4D. The Morgan fingerprint density at radius 2 is 0.708 bits per heavy atom. The van der Waals surface area contributed by atoms with Crippen LogP contribution in [0.4, 0.5) is 0 Å². The molecule has 0 aliphatic heterocycles. The highest BCUT2D eigenvalue weighted by molar-refractivity contribution is 4.65. The van der Waals surface area contributed by atoms with E-state index < -0.39 is 25.5 Å². The Morgan fingerprint density at radius 1 is 0.521 bits per heavy atom. The quantitative estimate of drug-likeness (QED) is 0.276. The molecule has 0 bridgehead atoms. The average molecular weight is 692 g/mol. The maximum absolute atomic E-state index is 7.63. The Bertz CT molecular complexity index is 924. The van der Waals surface area contributed by atoms with Crippen molar-refractivity contribution in [3.63, 3.8) is 0 Å². The highest BCUT2D eigenvalue weighted by Crippen LogP contribution is 2.27. The summed E-state index contributed by atoms with van der Waals surface area (Å²) in [6, 6.07) is 0. The van der Waals surface area contributed by atoms with Crippen LogP contribution in [0.15, 0.2) is 0 Å². The molecule has 4 fully saturated rings. The molecule has 0 aromatic carbocycles. The molecule has 4 saturated carbocycles. The van der Waals surface area contributed by atoms with Gasteiger partial charge in [-0.15, -0.1) is 0 Å². The van der Waals surface area contributed by atoms with Crippen LogP contribution in [-0.2, 0) is 0 Å². The summed E-state index contributed by atoms with van der Waals surface area (Å²) in [4.78, 5) is 0. The van der Waals surface area contributed by atoms with Gasteiger partial charge in [-0.2, -0.15) is 0 Å². The minimum Gasteiger partial charge on any atom is -0.0651 e. The first-order valence-corrected chi connectivity index (χ1v) is 20.3. The number of rotatable bonds is 3. The molecular formula is C48H104. The van der Waals surface area contributed by atoms with Crippen LogP contribution in [0.5, 0.6) is 0 Å². The molecule has 0 heteroatoms. The maximum atomic E-state index is 7.63. The van der Waals surface area contributed by atoms with Crippen LogP contribution >= 0.6 is 0 Å². The molecule has 0 amide bonds. The minimum atomic E-state index is -1.06. The van der Waals surface area contributed by atoms with Crippen LogP contribution in [0.1, 0.15) is 281 Å². The van der Waals surface area contributed by atoms with Crippen molar-refractivity contribution in [3.05, 3.63) is 0 Å². The Kier molecular flexibility index (Phi) is 26.9. The third kappa shape index (κ3) is 61.2. The second-order valence-electron chi connectivity index (χ2n) is 18.0. The summed E-state index contributed by atoms with van der Waals surface area (Å²) in [5.74, 6) is 0.435. The Hall–Kier alpha value is 0. The third-order valence-corrected chi connectivity index (χ3v) is 8.27. The molecule has 4 aliphatic carbocycles. The Labute approximate surface area is 326 Å². The predicted octanol–water partition coefficient (Wildman–Crippen LogP) is 18.6. The molecule has 296 valence electrons. The molecule has 0 saturated heterocycles. The largest absolute Gasteiger partial charge is 0.0651 e. The van der Waals surface area contributed by atoms with Crippen molar-refractivity contribution in [2.45, 2.75) is 266 Å². The van der Waals surface area contributed by atoms with Gasteiger partial charge in [-0.3, -0.25) is 0 Å². The van der Waals surface area contributed by atoms with Gasteiger partial charge in [-0.1, -0.05) is 266 Å². The van der Waals surface area contributed by atoms with Crippen molar-refractivity contribution < 1.29 is 15.1 Å². The summed E-state index contributed by atoms with van der Waals surface area (Å²) >= 11 is 0. The van der Waals surface area contributed by atoms with E-state index in [0.717, 1.165) is 51.4 Å². The molecule has 0 N–H and O–H groups in total. The number of hydrogen-bond acceptors (Lipinski definition) is 0. The topological polar surface area (TPSA) is 0 Å². The van der Waals surface area contributed by atoms with E-state index >= 15 is 0 Å². The molecule has 4 aliphatic rings. The van der Waals surface area contributed by atoms with Gasteiger partial charge in [0.05, 0.1) is 0 Å². The molecular weight excluding hydrogens is 577 g/mol. The summed E-state index contributed by atoms with van der Waals surface area (Å²) in [7, 11) is 0. The lowest BCUT2D eigenvalue weighted by molar-refractivity contribution is 0.349. The Morgan fingerprint density at radius 3 is 0.833 bits per heavy atom. The Balaban J connectivity index is -0.000000296. The summed E-state index contributed by atoms with van der Waals surface area (Å²) in [6.45, 7) is 34.4. The fraction of sp³-hybridized carbons (Fsp3) is 1.00. The SMILES string of the molecule is CC(C)(C)C.[2H]C(C)(C)C.[2H]C([2H])(C)C(C)(C)C.[2H]C([2H])(C)C(C)C.[2H]C([2H])(C)C1CCCC1.[2H]C([2H])(C)C1CCCCC1.[2H]C1(C)CCCC1.[2H]C1(C)CCCCC1. The molecule has 0 atom stereocenters. The van der Waals surface area contributed by atoms with E-state index in [0.29, 0.717) is 17.3 Å². The fourth-order valence-electron chi connectivity index (χ4n) is 4.74. The maximum Gasteiger partial charge on any atom is 0.0300 e. The van der Waals surface area contributed by atoms with Gasteiger partial charge in [-0.05, 0) is 46.3 Å². The fourth-order valence-corrected chi connectivity index (χ4v) is 4.74. The van der Waals surface area contributed by atoms with Crippen LogP contribution in [-0.4, -0.2) is 0 Å². The third-order valence-electron chi connectivity index (χ3n) is 8.27. The number of hydrogen-bond donors (Lipinski definition) is 0. The van der Waals surface area contributed by atoms with Crippen LogP contribution in [0.3, 0.4) is 0 Å². The van der Waals surface area contributed by atoms with E-state index in [4.69, 9.17) is 15.1 Å². The smallest absolute Gasteiger partial charge is 0.0300 e. The van der Waals surface area contributed by atoms with Crippen molar-refractivity contribution in [1.29, 1.82) is 0 Å². The van der Waals surface area contributed by atoms with Gasteiger partial charge in [0.15, 0.2) is 0 Å². The molecule has 0 radical (unpaired) electrons. The zero-order chi connectivity index (χ0) is 48.0. The molecule has 0 spiro atoms. The van der Waals surface area contributed by atoms with Gasteiger partial charge in [0.2, 0.25) is 0 Å². The summed E-state index contributed by atoms with van der Waals surface area (Å²) in [6.07, 6.45) is 17.7. The van der Waals surface area contributed by atoms with Crippen LogP contribution in [0.25, 0.3) is 0 Å². The van der Waals surface area contributed by atoms with Gasteiger partial charge in [0, 0.05) is 15.1 Å². The first-order chi connectivity index (χ1) is 25.8. The average Bonchev–Trinajstić information content (AvgIpc) is 3.68. The summed E-state index contributed by atoms with van der Waals surface area (Å²) in [5.41, 5.74) is 0.271. The van der Waals surface area contributed by atoms with Gasteiger partial charge in [0.1, 0.15) is 0 Å². The van der Waals surface area contributed by atoms with Gasteiger partial charge in [-0.25, -0.2) is 0 Å². The van der Waals surface area contributed by atoms with E-state index in [-0.39, 0.29) is 29.0 Å². The lowest BCUT2D eigenvalue weighted by Crippen LogP contribution is -2.03.